The van der Waals surface area contributed by atoms with Gasteiger partial charge in [0.1, 0.15) is 11.2 Å². The molecule has 0 amide bonds. The smallest absolute Gasteiger partial charge is 0.136 e. The molecule has 156 valence electrons. The predicted octanol–water partition coefficient (Wildman–Crippen LogP) is 7.55. The molecule has 0 radical (unpaired) electrons. The quantitative estimate of drug-likeness (QED) is 0.357. The van der Waals surface area contributed by atoms with Crippen LogP contribution in [0.3, 0.4) is 0 Å². The molecule has 31 heavy (non-hydrogen) atoms. The van der Waals surface area contributed by atoms with Crippen molar-refractivity contribution in [3.05, 3.63) is 71.2 Å². The molecule has 0 aliphatic heterocycles. The fourth-order valence-corrected chi connectivity index (χ4v) is 7.66. The van der Waals surface area contributed by atoms with Crippen molar-refractivity contribution in [3.63, 3.8) is 0 Å². The Hall–Kier alpha value is -2.29. The molecule has 0 atom stereocenters. The highest BCUT2D eigenvalue weighted by Crippen LogP contribution is 2.63. The molecule has 4 fully saturated rings. The van der Waals surface area contributed by atoms with Crippen molar-refractivity contribution in [2.24, 2.45) is 23.7 Å². The molecule has 4 aromatic rings. The van der Waals surface area contributed by atoms with Crippen LogP contribution in [-0.4, -0.2) is 5.11 Å². The van der Waals surface area contributed by atoms with Gasteiger partial charge in [-0.1, -0.05) is 48.0 Å². The summed E-state index contributed by atoms with van der Waals surface area (Å²) in [4.78, 5) is 0. The Morgan fingerprint density at radius 3 is 2.26 bits per heavy atom. The van der Waals surface area contributed by atoms with E-state index in [1.165, 1.54) is 6.42 Å². The van der Waals surface area contributed by atoms with Crippen molar-refractivity contribution in [1.29, 1.82) is 0 Å². The first kappa shape index (κ1) is 18.3. The minimum Gasteiger partial charge on any atom is -0.456 e. The van der Waals surface area contributed by atoms with Gasteiger partial charge in [0.25, 0.3) is 0 Å². The number of hydrogen-bond acceptors (Lipinski definition) is 2. The van der Waals surface area contributed by atoms with E-state index in [9.17, 15) is 5.11 Å². The first-order valence-corrected chi connectivity index (χ1v) is 11.9. The Kier molecular flexibility index (Phi) is 3.76. The monoisotopic (exact) mass is 428 g/mol. The van der Waals surface area contributed by atoms with Crippen molar-refractivity contribution in [2.45, 2.75) is 37.7 Å². The maximum absolute atomic E-state index is 12.3. The summed E-state index contributed by atoms with van der Waals surface area (Å²) in [5.41, 5.74) is 3.99. The van der Waals surface area contributed by atoms with Crippen molar-refractivity contribution in [3.8, 4) is 11.1 Å². The average Bonchev–Trinajstić information content (AvgIpc) is 3.14. The van der Waals surface area contributed by atoms with Gasteiger partial charge in [-0.3, -0.25) is 0 Å². The first-order valence-electron chi connectivity index (χ1n) is 11.5. The van der Waals surface area contributed by atoms with Crippen LogP contribution in [0.5, 0.6) is 0 Å². The summed E-state index contributed by atoms with van der Waals surface area (Å²) >= 11 is 6.83. The maximum Gasteiger partial charge on any atom is 0.136 e. The number of para-hydroxylation sites is 1. The summed E-state index contributed by atoms with van der Waals surface area (Å²) in [7, 11) is 0. The third-order valence-corrected chi connectivity index (χ3v) is 8.81. The van der Waals surface area contributed by atoms with E-state index in [4.69, 9.17) is 16.0 Å². The van der Waals surface area contributed by atoms with Crippen molar-refractivity contribution in [1.82, 2.24) is 0 Å². The molecular weight excluding hydrogens is 404 g/mol. The summed E-state index contributed by atoms with van der Waals surface area (Å²) in [5, 5.41) is 15.2. The van der Waals surface area contributed by atoms with Gasteiger partial charge in [0.15, 0.2) is 0 Å². The molecule has 0 spiro atoms. The summed E-state index contributed by atoms with van der Waals surface area (Å²) in [5.74, 6) is 2.29. The Balaban J connectivity index is 1.42. The molecule has 0 saturated heterocycles. The molecule has 4 saturated carbocycles. The molecule has 0 unspecified atom stereocenters. The van der Waals surface area contributed by atoms with Gasteiger partial charge < -0.3 is 9.52 Å². The fourth-order valence-electron chi connectivity index (χ4n) is 7.38. The van der Waals surface area contributed by atoms with E-state index in [0.717, 1.165) is 76.1 Å². The van der Waals surface area contributed by atoms with E-state index in [-0.39, 0.29) is 0 Å². The standard InChI is InChI=1S/C28H25ClO2/c29-24-6-3-5-23(28(30)19-11-16-10-17(13-19)14-20(28)12-16)27(24)18-8-9-22-21-4-1-2-7-25(21)31-26(22)15-18/h1-9,15-17,19-20,30H,10-14H2. The molecule has 1 heterocycles. The molecule has 4 bridgehead atoms. The molecule has 8 rings (SSSR count). The van der Waals surface area contributed by atoms with E-state index >= 15 is 0 Å². The average molecular weight is 429 g/mol. The summed E-state index contributed by atoms with van der Waals surface area (Å²) in [6.07, 6.45) is 5.97. The highest BCUT2D eigenvalue weighted by Gasteiger charge is 2.57. The second-order valence-corrected chi connectivity index (χ2v) is 10.5. The van der Waals surface area contributed by atoms with Crippen LogP contribution >= 0.6 is 11.6 Å². The molecular formula is C28H25ClO2. The van der Waals surface area contributed by atoms with Gasteiger partial charge in [0.2, 0.25) is 0 Å². The minimum absolute atomic E-state index is 0.343. The molecule has 1 N–H and O–H groups in total. The lowest BCUT2D eigenvalue weighted by Gasteiger charge is -2.59. The fraction of sp³-hybridized carbons (Fsp3) is 0.357. The van der Waals surface area contributed by atoms with Crippen LogP contribution in [0.2, 0.25) is 5.02 Å². The van der Waals surface area contributed by atoms with Crippen molar-refractivity contribution >= 4 is 33.5 Å². The normalized spacial score (nSPS) is 31.7. The zero-order chi connectivity index (χ0) is 20.7. The van der Waals surface area contributed by atoms with Crippen LogP contribution in [0.15, 0.2) is 65.1 Å². The molecule has 3 heteroatoms. The van der Waals surface area contributed by atoms with Crippen molar-refractivity contribution in [2.75, 3.05) is 0 Å². The second kappa shape index (κ2) is 6.37. The number of hydrogen-bond donors (Lipinski definition) is 1. The van der Waals surface area contributed by atoms with Crippen LogP contribution < -0.4 is 0 Å². The summed E-state index contributed by atoms with van der Waals surface area (Å²) < 4.78 is 6.15. The molecule has 2 nitrogen and oxygen atoms in total. The zero-order valence-corrected chi connectivity index (χ0v) is 18.1. The number of rotatable bonds is 2. The Bertz CT molecular complexity index is 1310. The van der Waals surface area contributed by atoms with Gasteiger partial charge >= 0.3 is 0 Å². The largest absolute Gasteiger partial charge is 0.456 e. The van der Waals surface area contributed by atoms with Gasteiger partial charge in [0, 0.05) is 21.4 Å². The number of furan rings is 1. The van der Waals surface area contributed by atoms with E-state index in [1.54, 1.807) is 0 Å². The Morgan fingerprint density at radius 1 is 0.774 bits per heavy atom. The molecule has 4 aliphatic rings. The predicted molar refractivity (Wildman–Crippen MR) is 125 cm³/mol. The second-order valence-electron chi connectivity index (χ2n) is 10.1. The number of fused-ring (bicyclic) bond motifs is 3. The molecule has 4 aliphatic carbocycles. The summed E-state index contributed by atoms with van der Waals surface area (Å²) in [6, 6.07) is 20.6. The lowest BCUT2D eigenvalue weighted by molar-refractivity contribution is -0.179. The Labute approximate surface area is 186 Å². The maximum atomic E-state index is 12.3. The zero-order valence-electron chi connectivity index (χ0n) is 17.4. The van der Waals surface area contributed by atoms with Gasteiger partial charge in [-0.25, -0.2) is 0 Å². The topological polar surface area (TPSA) is 33.4 Å². The lowest BCUT2D eigenvalue weighted by atomic mass is 9.48. The first-order chi connectivity index (χ1) is 15.1. The van der Waals surface area contributed by atoms with Crippen LogP contribution in [0.25, 0.3) is 33.1 Å². The summed E-state index contributed by atoms with van der Waals surface area (Å²) in [6.45, 7) is 0. The van der Waals surface area contributed by atoms with E-state index < -0.39 is 5.60 Å². The van der Waals surface area contributed by atoms with Crippen LogP contribution in [0.1, 0.15) is 37.7 Å². The van der Waals surface area contributed by atoms with Crippen LogP contribution in [0, 0.1) is 23.7 Å². The Morgan fingerprint density at radius 2 is 1.48 bits per heavy atom. The van der Waals surface area contributed by atoms with Gasteiger partial charge in [0.05, 0.1) is 5.60 Å². The van der Waals surface area contributed by atoms with E-state index in [1.807, 2.05) is 30.3 Å². The van der Waals surface area contributed by atoms with E-state index in [2.05, 4.69) is 30.3 Å². The highest BCUT2D eigenvalue weighted by atomic mass is 35.5. The van der Waals surface area contributed by atoms with Crippen LogP contribution in [-0.2, 0) is 5.60 Å². The van der Waals surface area contributed by atoms with Gasteiger partial charge in [-0.05, 0) is 91.2 Å². The molecule has 3 aromatic carbocycles. The highest BCUT2D eigenvalue weighted by molar-refractivity contribution is 6.33. The third-order valence-electron chi connectivity index (χ3n) is 8.50. The molecule has 1 aromatic heterocycles. The van der Waals surface area contributed by atoms with Crippen molar-refractivity contribution < 1.29 is 9.52 Å². The minimum atomic E-state index is -0.781. The van der Waals surface area contributed by atoms with Crippen LogP contribution in [0.4, 0.5) is 0 Å². The van der Waals surface area contributed by atoms with Gasteiger partial charge in [-0.15, -0.1) is 0 Å². The van der Waals surface area contributed by atoms with Gasteiger partial charge in [-0.2, -0.15) is 0 Å². The SMILES string of the molecule is OC1(c2cccc(Cl)c2-c2ccc3c(c2)oc2ccccc23)C2CC3CC(C2)CC1C3. The van der Waals surface area contributed by atoms with E-state index in [0.29, 0.717) is 16.9 Å². The number of halogens is 1. The number of benzene rings is 3. The number of aliphatic hydroxyl groups is 1. The lowest BCUT2D eigenvalue weighted by Crippen LogP contribution is -2.55. The third kappa shape index (κ3) is 2.49.